The summed E-state index contributed by atoms with van der Waals surface area (Å²) in [4.78, 5) is 24.1. The minimum Gasteiger partial charge on any atom is -0.493 e. The van der Waals surface area contributed by atoms with Gasteiger partial charge in [-0.05, 0) is 35.7 Å². The summed E-state index contributed by atoms with van der Waals surface area (Å²) in [7, 11) is 3.11. The van der Waals surface area contributed by atoms with E-state index in [1.165, 1.54) is 0 Å². The molecule has 6 heteroatoms. The summed E-state index contributed by atoms with van der Waals surface area (Å²) in [5.74, 6) is 0.114. The van der Waals surface area contributed by atoms with E-state index in [2.05, 4.69) is 5.32 Å². The second-order valence-corrected chi connectivity index (χ2v) is 5.73. The number of fused-ring (bicyclic) bond motifs is 1. The Morgan fingerprint density at radius 1 is 1.04 bits per heavy atom. The molecule has 0 aromatic heterocycles. The Labute approximate surface area is 145 Å². The summed E-state index contributed by atoms with van der Waals surface area (Å²) in [6.45, 7) is -0.0573. The summed E-state index contributed by atoms with van der Waals surface area (Å²) in [6, 6.07) is 10.7. The minimum atomic E-state index is -0.404. The monoisotopic (exact) mass is 341 g/mol. The Morgan fingerprint density at radius 2 is 1.80 bits per heavy atom. The molecule has 1 unspecified atom stereocenters. The van der Waals surface area contributed by atoms with Crippen molar-refractivity contribution in [3.8, 4) is 11.5 Å². The van der Waals surface area contributed by atoms with E-state index < -0.39 is 11.8 Å². The van der Waals surface area contributed by atoms with Crippen LogP contribution >= 0.6 is 0 Å². The summed E-state index contributed by atoms with van der Waals surface area (Å²) in [5, 5.41) is 11.9. The van der Waals surface area contributed by atoms with E-state index in [1.807, 2.05) is 18.2 Å². The van der Waals surface area contributed by atoms with Gasteiger partial charge in [-0.1, -0.05) is 18.2 Å². The normalized spacial score (nSPS) is 14.0. The Morgan fingerprint density at radius 3 is 2.48 bits per heavy atom. The molecule has 2 N–H and O–H groups in total. The van der Waals surface area contributed by atoms with Crippen molar-refractivity contribution < 1.29 is 24.2 Å². The number of benzene rings is 2. The summed E-state index contributed by atoms with van der Waals surface area (Å²) >= 11 is 0. The molecule has 3 rings (SSSR count). The van der Waals surface area contributed by atoms with Gasteiger partial charge in [0.05, 0.1) is 25.3 Å². The van der Waals surface area contributed by atoms with E-state index in [1.54, 1.807) is 32.4 Å². The minimum absolute atomic E-state index is 0.0573. The number of methoxy groups -OCH3 is 2. The van der Waals surface area contributed by atoms with Crippen LogP contribution < -0.4 is 14.8 Å². The fourth-order valence-corrected chi connectivity index (χ4v) is 3.24. The Balaban J connectivity index is 2.13. The molecular weight excluding hydrogens is 322 g/mol. The lowest BCUT2D eigenvalue weighted by Gasteiger charge is -2.20. The molecule has 1 aliphatic heterocycles. The van der Waals surface area contributed by atoms with Gasteiger partial charge in [-0.3, -0.25) is 14.9 Å². The molecule has 0 aliphatic carbocycles. The van der Waals surface area contributed by atoms with Crippen molar-refractivity contribution in [1.82, 2.24) is 5.32 Å². The van der Waals surface area contributed by atoms with Crippen LogP contribution in [0.5, 0.6) is 11.5 Å². The topological polar surface area (TPSA) is 84.9 Å². The number of carbonyl (C=O) groups excluding carboxylic acids is 2. The molecule has 0 spiro atoms. The van der Waals surface area contributed by atoms with Crippen LogP contribution in [0.2, 0.25) is 0 Å². The van der Waals surface area contributed by atoms with Crippen LogP contribution in [-0.4, -0.2) is 37.7 Å². The molecule has 2 aromatic rings. The smallest absolute Gasteiger partial charge is 0.259 e. The molecule has 0 fully saturated rings. The Kier molecular flexibility index (Phi) is 4.72. The van der Waals surface area contributed by atoms with Gasteiger partial charge in [-0.2, -0.15) is 0 Å². The zero-order valence-electron chi connectivity index (χ0n) is 14.0. The molecule has 0 saturated heterocycles. The molecule has 130 valence electrons. The fraction of sp³-hybridized carbons (Fsp3) is 0.263. The van der Waals surface area contributed by atoms with E-state index in [9.17, 15) is 14.7 Å². The number of aliphatic hydroxyl groups is 1. The highest BCUT2D eigenvalue weighted by molar-refractivity contribution is 6.22. The maximum absolute atomic E-state index is 12.2. The van der Waals surface area contributed by atoms with Crippen LogP contribution in [0.25, 0.3) is 0 Å². The molecule has 25 heavy (non-hydrogen) atoms. The maximum Gasteiger partial charge on any atom is 0.259 e. The molecule has 1 atom stereocenters. The highest BCUT2D eigenvalue weighted by Gasteiger charge is 2.32. The van der Waals surface area contributed by atoms with Crippen LogP contribution in [0.15, 0.2) is 36.4 Å². The van der Waals surface area contributed by atoms with Crippen molar-refractivity contribution in [3.63, 3.8) is 0 Å². The molecule has 0 radical (unpaired) electrons. The molecule has 1 aliphatic rings. The first-order valence-corrected chi connectivity index (χ1v) is 7.92. The average molecular weight is 341 g/mol. The predicted octanol–water partition coefficient (Wildman–Crippen LogP) is 2.10. The second-order valence-electron chi connectivity index (χ2n) is 5.73. The first-order valence-electron chi connectivity index (χ1n) is 7.92. The van der Waals surface area contributed by atoms with E-state index in [0.29, 0.717) is 34.6 Å². The summed E-state index contributed by atoms with van der Waals surface area (Å²) < 4.78 is 10.6. The average Bonchev–Trinajstić information content (AvgIpc) is 2.93. The van der Waals surface area contributed by atoms with Crippen molar-refractivity contribution in [2.45, 2.75) is 12.3 Å². The number of ether oxygens (including phenoxy) is 2. The summed E-state index contributed by atoms with van der Waals surface area (Å²) in [6.07, 6.45) is 0.410. The second kappa shape index (κ2) is 6.94. The van der Waals surface area contributed by atoms with Gasteiger partial charge in [0.2, 0.25) is 0 Å². The van der Waals surface area contributed by atoms with Gasteiger partial charge >= 0.3 is 0 Å². The first kappa shape index (κ1) is 17.0. The molecule has 2 amide bonds. The molecule has 2 aromatic carbocycles. The van der Waals surface area contributed by atoms with Crippen molar-refractivity contribution in [2.24, 2.45) is 0 Å². The summed E-state index contributed by atoms with van der Waals surface area (Å²) in [5.41, 5.74) is 2.32. The SMILES string of the molecule is COc1ccc(C(CCO)c2cccc3c2C(=O)NC3=O)cc1OC. The van der Waals surface area contributed by atoms with E-state index in [0.717, 1.165) is 5.56 Å². The van der Waals surface area contributed by atoms with Crippen LogP contribution in [0, 0.1) is 0 Å². The molecule has 0 saturated carbocycles. The lowest BCUT2D eigenvalue weighted by Crippen LogP contribution is -2.20. The molecule has 0 bridgehead atoms. The van der Waals surface area contributed by atoms with Crippen LogP contribution in [0.1, 0.15) is 44.2 Å². The van der Waals surface area contributed by atoms with Gasteiger partial charge in [0.25, 0.3) is 11.8 Å². The quantitative estimate of drug-likeness (QED) is 0.786. The highest BCUT2D eigenvalue weighted by Crippen LogP contribution is 2.37. The lowest BCUT2D eigenvalue weighted by atomic mass is 9.84. The van der Waals surface area contributed by atoms with Gasteiger partial charge in [-0.15, -0.1) is 0 Å². The third-order valence-electron chi connectivity index (χ3n) is 4.40. The van der Waals surface area contributed by atoms with E-state index >= 15 is 0 Å². The van der Waals surface area contributed by atoms with Gasteiger partial charge in [0, 0.05) is 12.5 Å². The van der Waals surface area contributed by atoms with E-state index in [4.69, 9.17) is 9.47 Å². The fourth-order valence-electron chi connectivity index (χ4n) is 3.24. The zero-order valence-corrected chi connectivity index (χ0v) is 14.0. The maximum atomic E-state index is 12.2. The highest BCUT2D eigenvalue weighted by atomic mass is 16.5. The van der Waals surface area contributed by atoms with Gasteiger partial charge in [-0.25, -0.2) is 0 Å². The number of hydrogen-bond donors (Lipinski definition) is 2. The largest absolute Gasteiger partial charge is 0.493 e. The molecular formula is C19H19NO5. The zero-order chi connectivity index (χ0) is 18.0. The van der Waals surface area contributed by atoms with E-state index in [-0.39, 0.29) is 12.5 Å². The van der Waals surface area contributed by atoms with Crippen molar-refractivity contribution in [2.75, 3.05) is 20.8 Å². The van der Waals surface area contributed by atoms with Gasteiger partial charge in [0.15, 0.2) is 11.5 Å². The third kappa shape index (κ3) is 2.96. The number of amides is 2. The van der Waals surface area contributed by atoms with Crippen molar-refractivity contribution in [1.29, 1.82) is 0 Å². The third-order valence-corrected chi connectivity index (χ3v) is 4.40. The van der Waals surface area contributed by atoms with Crippen LogP contribution in [-0.2, 0) is 0 Å². The lowest BCUT2D eigenvalue weighted by molar-refractivity contribution is 0.0879. The number of carbonyl (C=O) groups is 2. The predicted molar refractivity (Wildman–Crippen MR) is 91.3 cm³/mol. The Hall–Kier alpha value is -2.86. The number of aliphatic hydroxyl groups excluding tert-OH is 1. The number of nitrogens with one attached hydrogen (secondary N) is 1. The van der Waals surface area contributed by atoms with Gasteiger partial charge < -0.3 is 14.6 Å². The Bertz CT molecular complexity index is 831. The van der Waals surface area contributed by atoms with Crippen molar-refractivity contribution >= 4 is 11.8 Å². The van der Waals surface area contributed by atoms with Crippen LogP contribution in [0.4, 0.5) is 0 Å². The number of rotatable bonds is 6. The molecule has 1 heterocycles. The molecule has 6 nitrogen and oxygen atoms in total. The first-order chi connectivity index (χ1) is 12.1. The standard InChI is InChI=1S/C19H19NO5/c1-24-15-7-6-11(10-16(15)25-2)12(8-9-21)13-4-3-5-14-17(13)19(23)20-18(14)22/h3-7,10,12,21H,8-9H2,1-2H3,(H,20,22,23). The van der Waals surface area contributed by atoms with Gasteiger partial charge in [0.1, 0.15) is 0 Å². The van der Waals surface area contributed by atoms with Crippen molar-refractivity contribution in [3.05, 3.63) is 58.7 Å². The number of imide groups is 1. The number of hydrogen-bond acceptors (Lipinski definition) is 5. The van der Waals surface area contributed by atoms with Crippen LogP contribution in [0.3, 0.4) is 0 Å².